The molecule has 0 atom stereocenters. The Hall–Kier alpha value is -1.11. The Bertz CT molecular complexity index is 607. The van der Waals surface area contributed by atoms with Gasteiger partial charge in [-0.2, -0.15) is 0 Å². The lowest BCUT2D eigenvalue weighted by Crippen LogP contribution is -2.12. The number of benzene rings is 1. The lowest BCUT2D eigenvalue weighted by atomic mass is 10.2. The summed E-state index contributed by atoms with van der Waals surface area (Å²) in [6, 6.07) is 3.52. The van der Waals surface area contributed by atoms with Crippen molar-refractivity contribution in [1.82, 2.24) is 9.97 Å². The number of hydrogen-bond acceptors (Lipinski definition) is 3. The van der Waals surface area contributed by atoms with Crippen molar-refractivity contribution in [3.63, 3.8) is 0 Å². The molecule has 0 bridgehead atoms. The molecule has 2 aromatic rings. The fourth-order valence-electron chi connectivity index (χ4n) is 1.70. The highest BCUT2D eigenvalue weighted by atomic mass is 127. The minimum Gasteiger partial charge on any atom is -0.506 e. The fourth-order valence-corrected chi connectivity index (χ4v) is 2.15. The molecule has 0 aliphatic rings. The van der Waals surface area contributed by atoms with Gasteiger partial charge in [-0.25, -0.2) is 4.98 Å². The van der Waals surface area contributed by atoms with Crippen molar-refractivity contribution in [2.24, 2.45) is 0 Å². The maximum absolute atomic E-state index is 11.9. The zero-order valence-corrected chi connectivity index (χ0v) is 11.6. The maximum Gasteiger partial charge on any atom is 0.262 e. The van der Waals surface area contributed by atoms with Gasteiger partial charge in [0.1, 0.15) is 17.0 Å². The van der Waals surface area contributed by atoms with Crippen LogP contribution in [0.3, 0.4) is 0 Å². The van der Waals surface area contributed by atoms with Crippen LogP contribution in [-0.2, 0) is 6.42 Å². The number of nitrogens with zero attached hydrogens (tertiary/aromatic N) is 1. The van der Waals surface area contributed by atoms with E-state index in [0.29, 0.717) is 14.9 Å². The van der Waals surface area contributed by atoms with Gasteiger partial charge in [0, 0.05) is 6.42 Å². The van der Waals surface area contributed by atoms with Gasteiger partial charge in [0.05, 0.1) is 9.09 Å². The van der Waals surface area contributed by atoms with E-state index < -0.39 is 0 Å². The summed E-state index contributed by atoms with van der Waals surface area (Å²) in [4.78, 5) is 19.0. The van der Waals surface area contributed by atoms with Crippen molar-refractivity contribution in [3.05, 3.63) is 31.9 Å². The van der Waals surface area contributed by atoms with Gasteiger partial charge >= 0.3 is 0 Å². The number of phenols is 1. The molecule has 1 aromatic heterocycles. The number of rotatable bonds is 3. The second-order valence-corrected chi connectivity index (χ2v) is 5.07. The molecule has 1 aromatic carbocycles. The number of aromatic nitrogens is 2. The number of halogens is 1. The van der Waals surface area contributed by atoms with Crippen molar-refractivity contribution in [2.75, 3.05) is 0 Å². The van der Waals surface area contributed by atoms with Crippen LogP contribution in [0.2, 0.25) is 0 Å². The topological polar surface area (TPSA) is 66.0 Å². The molecule has 0 aliphatic heterocycles. The molecule has 5 heteroatoms. The maximum atomic E-state index is 11.9. The molecule has 0 saturated carbocycles. The molecule has 1 heterocycles. The van der Waals surface area contributed by atoms with Gasteiger partial charge in [0.25, 0.3) is 5.56 Å². The van der Waals surface area contributed by atoms with E-state index in [2.05, 4.69) is 16.9 Å². The Morgan fingerprint density at radius 3 is 2.94 bits per heavy atom. The van der Waals surface area contributed by atoms with E-state index in [1.165, 1.54) is 0 Å². The van der Waals surface area contributed by atoms with Gasteiger partial charge in [-0.15, -0.1) is 0 Å². The highest BCUT2D eigenvalue weighted by molar-refractivity contribution is 14.1. The normalized spacial score (nSPS) is 10.9. The second-order valence-electron chi connectivity index (χ2n) is 3.91. The van der Waals surface area contributed by atoms with Gasteiger partial charge in [0.15, 0.2) is 0 Å². The van der Waals surface area contributed by atoms with Crippen LogP contribution in [0.5, 0.6) is 5.75 Å². The summed E-state index contributed by atoms with van der Waals surface area (Å²) >= 11 is 1.99. The summed E-state index contributed by atoms with van der Waals surface area (Å²) in [6.45, 7) is 2.09. The molecular weight excluding hydrogens is 331 g/mol. The van der Waals surface area contributed by atoms with Crippen LogP contribution >= 0.6 is 22.6 Å². The quantitative estimate of drug-likeness (QED) is 0.841. The molecule has 0 radical (unpaired) electrons. The van der Waals surface area contributed by atoms with Crippen LogP contribution in [0.25, 0.3) is 10.9 Å². The summed E-state index contributed by atoms with van der Waals surface area (Å²) in [5.41, 5.74) is 0.287. The molecule has 0 fully saturated rings. The third kappa shape index (κ3) is 2.43. The molecule has 0 aliphatic carbocycles. The largest absolute Gasteiger partial charge is 0.506 e. The van der Waals surface area contributed by atoms with Crippen LogP contribution in [0.1, 0.15) is 25.6 Å². The van der Waals surface area contributed by atoms with Crippen molar-refractivity contribution in [2.45, 2.75) is 26.2 Å². The van der Waals surface area contributed by atoms with E-state index in [1.54, 1.807) is 12.1 Å². The summed E-state index contributed by atoms with van der Waals surface area (Å²) in [5, 5.41) is 10.1. The summed E-state index contributed by atoms with van der Waals surface area (Å²) in [7, 11) is 0. The van der Waals surface area contributed by atoms with Crippen molar-refractivity contribution in [3.8, 4) is 5.75 Å². The fraction of sp³-hybridized carbons (Fsp3) is 0.333. The van der Waals surface area contributed by atoms with Gasteiger partial charge in [-0.05, 0) is 41.1 Å². The average Bonchev–Trinajstić information content (AvgIpc) is 2.31. The molecular formula is C12H13IN2O2. The number of aromatic amines is 1. The number of aromatic hydroxyl groups is 1. The standard InChI is InChI=1S/C12H13IN2O2/c1-2-3-4-9-14-8-6-5-7(13)11(16)10(8)12(17)15-9/h5-6,16H,2-4H2,1H3,(H,14,15,17). The van der Waals surface area contributed by atoms with Crippen LogP contribution in [0.4, 0.5) is 0 Å². The minimum atomic E-state index is -0.267. The van der Waals surface area contributed by atoms with Crippen molar-refractivity contribution in [1.29, 1.82) is 0 Å². The van der Waals surface area contributed by atoms with Gasteiger partial charge in [-0.1, -0.05) is 13.3 Å². The minimum absolute atomic E-state index is 0.0129. The summed E-state index contributed by atoms with van der Waals surface area (Å²) < 4.78 is 0.656. The first-order valence-electron chi connectivity index (χ1n) is 5.54. The third-order valence-electron chi connectivity index (χ3n) is 2.61. The first kappa shape index (κ1) is 12.3. The molecule has 90 valence electrons. The molecule has 0 saturated heterocycles. The van der Waals surface area contributed by atoms with Gasteiger partial charge in [-0.3, -0.25) is 4.79 Å². The van der Waals surface area contributed by atoms with Crippen molar-refractivity contribution < 1.29 is 5.11 Å². The van der Waals surface area contributed by atoms with Crippen LogP contribution in [0.15, 0.2) is 16.9 Å². The lowest BCUT2D eigenvalue weighted by Gasteiger charge is -2.04. The number of nitrogens with one attached hydrogen (secondary N) is 1. The predicted octanol–water partition coefficient (Wildman–Crippen LogP) is 2.58. The molecule has 0 spiro atoms. The third-order valence-corrected chi connectivity index (χ3v) is 3.48. The number of phenolic OH excluding ortho intramolecular Hbond substituents is 1. The average molecular weight is 344 g/mol. The van der Waals surface area contributed by atoms with E-state index in [1.807, 2.05) is 22.6 Å². The first-order valence-corrected chi connectivity index (χ1v) is 6.61. The van der Waals surface area contributed by atoms with E-state index in [4.69, 9.17) is 0 Å². The number of hydrogen-bond donors (Lipinski definition) is 2. The number of fused-ring (bicyclic) bond motifs is 1. The smallest absolute Gasteiger partial charge is 0.262 e. The molecule has 2 N–H and O–H groups in total. The van der Waals surface area contributed by atoms with Crippen LogP contribution in [-0.4, -0.2) is 15.1 Å². The van der Waals surface area contributed by atoms with Crippen LogP contribution < -0.4 is 5.56 Å². The van der Waals surface area contributed by atoms with E-state index >= 15 is 0 Å². The Morgan fingerprint density at radius 1 is 1.47 bits per heavy atom. The Labute approximate surface area is 112 Å². The number of unbranched alkanes of at least 4 members (excludes halogenated alkanes) is 1. The van der Waals surface area contributed by atoms with E-state index in [9.17, 15) is 9.90 Å². The van der Waals surface area contributed by atoms with Crippen molar-refractivity contribution >= 4 is 33.5 Å². The Kier molecular flexibility index (Phi) is 3.66. The number of aryl methyl sites for hydroxylation is 1. The van der Waals surface area contributed by atoms with E-state index in [-0.39, 0.29) is 16.7 Å². The summed E-state index contributed by atoms with van der Waals surface area (Å²) in [6.07, 6.45) is 2.80. The van der Waals surface area contributed by atoms with E-state index in [0.717, 1.165) is 19.3 Å². The molecule has 17 heavy (non-hydrogen) atoms. The molecule has 0 unspecified atom stereocenters. The van der Waals surface area contributed by atoms with Crippen LogP contribution in [0, 0.1) is 3.57 Å². The highest BCUT2D eigenvalue weighted by Crippen LogP contribution is 2.25. The molecule has 4 nitrogen and oxygen atoms in total. The van der Waals surface area contributed by atoms with Gasteiger partial charge in [0.2, 0.25) is 0 Å². The summed E-state index contributed by atoms with van der Waals surface area (Å²) in [5.74, 6) is 0.698. The SMILES string of the molecule is CCCCc1nc2ccc(I)c(O)c2c(=O)[nH]1. The molecule has 2 rings (SSSR count). The number of H-pyrrole nitrogens is 1. The first-order chi connectivity index (χ1) is 8.13. The zero-order chi connectivity index (χ0) is 12.4. The van der Waals surface area contributed by atoms with Gasteiger partial charge < -0.3 is 10.1 Å². The highest BCUT2D eigenvalue weighted by Gasteiger charge is 2.10. The second kappa shape index (κ2) is 5.03. The predicted molar refractivity (Wildman–Crippen MR) is 75.4 cm³/mol. The Morgan fingerprint density at radius 2 is 2.24 bits per heavy atom. The Balaban J connectivity index is 2.60. The lowest BCUT2D eigenvalue weighted by molar-refractivity contribution is 0.477. The zero-order valence-electron chi connectivity index (χ0n) is 9.46. The molecule has 0 amide bonds. The monoisotopic (exact) mass is 344 g/mol.